The second kappa shape index (κ2) is 6.70. The number of rotatable bonds is 4. The molecule has 2 heterocycles. The average Bonchev–Trinajstić information content (AvgIpc) is 3.40. The Labute approximate surface area is 151 Å². The highest BCUT2D eigenvalue weighted by atomic mass is 19.1. The molecule has 4 rings (SSSR count). The van der Waals surface area contributed by atoms with Crippen molar-refractivity contribution < 1.29 is 18.8 Å². The number of hydrogen-bond acceptors (Lipinski definition) is 3. The van der Waals surface area contributed by atoms with Crippen molar-refractivity contribution in [3.63, 3.8) is 0 Å². The first-order chi connectivity index (χ1) is 12.5. The molecule has 2 saturated heterocycles. The first-order valence-electron chi connectivity index (χ1n) is 9.12. The fourth-order valence-corrected chi connectivity index (χ4v) is 3.79. The summed E-state index contributed by atoms with van der Waals surface area (Å²) in [7, 11) is 0. The van der Waals surface area contributed by atoms with Crippen molar-refractivity contribution in [1.82, 2.24) is 14.7 Å². The van der Waals surface area contributed by atoms with E-state index < -0.39 is 0 Å². The van der Waals surface area contributed by atoms with Crippen molar-refractivity contribution in [3.05, 3.63) is 35.6 Å². The highest BCUT2D eigenvalue weighted by Gasteiger charge is 2.43. The van der Waals surface area contributed by atoms with Gasteiger partial charge in [0.1, 0.15) is 5.82 Å². The van der Waals surface area contributed by atoms with Crippen LogP contribution < -0.4 is 0 Å². The van der Waals surface area contributed by atoms with E-state index >= 15 is 0 Å². The van der Waals surface area contributed by atoms with Gasteiger partial charge in [-0.15, -0.1) is 0 Å². The minimum Gasteiger partial charge on any atom is -0.339 e. The molecule has 6 nitrogen and oxygen atoms in total. The molecule has 7 heteroatoms. The smallest absolute Gasteiger partial charge is 0.242 e. The molecule has 3 fully saturated rings. The lowest BCUT2D eigenvalue weighted by atomic mass is 10.1. The lowest BCUT2D eigenvalue weighted by Gasteiger charge is -2.35. The summed E-state index contributed by atoms with van der Waals surface area (Å²) in [5.74, 6) is -0.913. The van der Waals surface area contributed by atoms with Crippen LogP contribution in [0.25, 0.3) is 0 Å². The number of benzene rings is 1. The van der Waals surface area contributed by atoms with E-state index in [1.54, 1.807) is 28.0 Å². The van der Waals surface area contributed by atoms with E-state index in [0.29, 0.717) is 31.2 Å². The predicted octanol–water partition coefficient (Wildman–Crippen LogP) is 1.01. The van der Waals surface area contributed by atoms with Gasteiger partial charge in [0.2, 0.25) is 17.7 Å². The minimum absolute atomic E-state index is 0.00139. The lowest BCUT2D eigenvalue weighted by Crippen LogP contribution is -2.53. The van der Waals surface area contributed by atoms with Gasteiger partial charge >= 0.3 is 0 Å². The van der Waals surface area contributed by atoms with E-state index in [2.05, 4.69) is 0 Å². The topological polar surface area (TPSA) is 60.9 Å². The summed E-state index contributed by atoms with van der Waals surface area (Å²) in [6, 6.07) is 6.72. The van der Waals surface area contributed by atoms with Crippen LogP contribution in [-0.4, -0.2) is 64.6 Å². The van der Waals surface area contributed by atoms with Gasteiger partial charge in [-0.1, -0.05) is 18.2 Å². The molecule has 0 bridgehead atoms. The molecule has 26 heavy (non-hydrogen) atoms. The SMILES string of the molecule is O=C1CN(C(=O)C2CC(=O)N(C3CC3)C2)CCN1Cc1ccccc1F. The molecule has 1 atom stereocenters. The molecular weight excluding hydrogens is 337 g/mol. The summed E-state index contributed by atoms with van der Waals surface area (Å²) in [6.07, 6.45) is 2.30. The summed E-state index contributed by atoms with van der Waals surface area (Å²) in [5.41, 5.74) is 0.474. The van der Waals surface area contributed by atoms with Crippen molar-refractivity contribution >= 4 is 17.7 Å². The van der Waals surface area contributed by atoms with Crippen LogP contribution in [0.3, 0.4) is 0 Å². The summed E-state index contributed by atoms with van der Waals surface area (Å²) < 4.78 is 13.8. The van der Waals surface area contributed by atoms with Crippen molar-refractivity contribution in [2.45, 2.75) is 31.8 Å². The number of carbonyl (C=O) groups excluding carboxylic acids is 3. The maximum absolute atomic E-state index is 13.8. The summed E-state index contributed by atoms with van der Waals surface area (Å²) in [4.78, 5) is 42.1. The second-order valence-corrected chi connectivity index (χ2v) is 7.34. The van der Waals surface area contributed by atoms with Crippen LogP contribution in [0.1, 0.15) is 24.8 Å². The zero-order chi connectivity index (χ0) is 18.3. The standard InChI is InChI=1S/C19H22FN3O3/c20-16-4-2-1-3-13(16)10-21-7-8-22(12-18(21)25)19(26)14-9-17(24)23(11-14)15-5-6-15/h1-4,14-15H,5-12H2. The molecule has 0 aromatic heterocycles. The summed E-state index contributed by atoms with van der Waals surface area (Å²) in [6.45, 7) is 1.50. The molecule has 138 valence electrons. The highest BCUT2D eigenvalue weighted by molar-refractivity contribution is 5.92. The number of halogens is 1. The zero-order valence-electron chi connectivity index (χ0n) is 14.6. The van der Waals surface area contributed by atoms with E-state index in [0.717, 1.165) is 12.8 Å². The molecule has 0 N–H and O–H groups in total. The lowest BCUT2D eigenvalue weighted by molar-refractivity contribution is -0.147. The molecule has 1 saturated carbocycles. The van der Waals surface area contributed by atoms with Crippen molar-refractivity contribution in [1.29, 1.82) is 0 Å². The van der Waals surface area contributed by atoms with Gasteiger partial charge in [0.25, 0.3) is 0 Å². The van der Waals surface area contributed by atoms with Gasteiger partial charge in [-0.2, -0.15) is 0 Å². The van der Waals surface area contributed by atoms with Crippen molar-refractivity contribution in [2.24, 2.45) is 5.92 Å². The van der Waals surface area contributed by atoms with Gasteiger partial charge in [0.15, 0.2) is 0 Å². The van der Waals surface area contributed by atoms with Gasteiger partial charge < -0.3 is 14.7 Å². The van der Waals surface area contributed by atoms with Crippen LogP contribution in [0.15, 0.2) is 24.3 Å². The Hall–Kier alpha value is -2.44. The monoisotopic (exact) mass is 359 g/mol. The molecule has 1 aliphatic carbocycles. The number of carbonyl (C=O) groups is 3. The molecule has 2 aliphatic heterocycles. The number of piperazine rings is 1. The van der Waals surface area contributed by atoms with Gasteiger partial charge in [-0.25, -0.2) is 4.39 Å². The Bertz CT molecular complexity index is 749. The van der Waals surface area contributed by atoms with E-state index in [9.17, 15) is 18.8 Å². The fourth-order valence-electron chi connectivity index (χ4n) is 3.79. The van der Waals surface area contributed by atoms with Crippen molar-refractivity contribution in [3.8, 4) is 0 Å². The average molecular weight is 359 g/mol. The zero-order valence-corrected chi connectivity index (χ0v) is 14.6. The van der Waals surface area contributed by atoms with Crippen LogP contribution in [0, 0.1) is 11.7 Å². The number of nitrogens with zero attached hydrogens (tertiary/aromatic N) is 3. The fraction of sp³-hybridized carbons (Fsp3) is 0.526. The summed E-state index contributed by atoms with van der Waals surface area (Å²) in [5, 5.41) is 0. The number of hydrogen-bond donors (Lipinski definition) is 0. The molecule has 0 radical (unpaired) electrons. The van der Waals surface area contributed by atoms with E-state index in [-0.39, 0.29) is 49.0 Å². The highest BCUT2D eigenvalue weighted by Crippen LogP contribution is 2.33. The minimum atomic E-state index is -0.339. The number of amides is 3. The molecular formula is C19H22FN3O3. The van der Waals surface area contributed by atoms with Gasteiger partial charge in [-0.05, 0) is 18.9 Å². The van der Waals surface area contributed by atoms with Gasteiger partial charge in [0.05, 0.1) is 12.5 Å². The quantitative estimate of drug-likeness (QED) is 0.806. The molecule has 1 unspecified atom stereocenters. The second-order valence-electron chi connectivity index (χ2n) is 7.34. The first kappa shape index (κ1) is 17.0. The molecule has 0 spiro atoms. The van der Waals surface area contributed by atoms with E-state index in [1.807, 2.05) is 4.90 Å². The predicted molar refractivity (Wildman–Crippen MR) is 91.2 cm³/mol. The van der Waals surface area contributed by atoms with Crippen LogP contribution in [-0.2, 0) is 20.9 Å². The Morgan fingerprint density at radius 3 is 2.58 bits per heavy atom. The third-order valence-electron chi connectivity index (χ3n) is 5.44. The first-order valence-corrected chi connectivity index (χ1v) is 9.12. The van der Waals surface area contributed by atoms with E-state index in [1.165, 1.54) is 6.07 Å². The van der Waals surface area contributed by atoms with E-state index in [4.69, 9.17) is 0 Å². The Kier molecular flexibility index (Phi) is 4.38. The van der Waals surface area contributed by atoms with Crippen LogP contribution in [0.4, 0.5) is 4.39 Å². The maximum Gasteiger partial charge on any atom is 0.242 e. The Balaban J connectivity index is 1.35. The third kappa shape index (κ3) is 3.30. The van der Waals surface area contributed by atoms with Crippen LogP contribution >= 0.6 is 0 Å². The third-order valence-corrected chi connectivity index (χ3v) is 5.44. The Morgan fingerprint density at radius 1 is 1.12 bits per heavy atom. The van der Waals surface area contributed by atoms with Gasteiger partial charge in [-0.3, -0.25) is 14.4 Å². The van der Waals surface area contributed by atoms with Crippen LogP contribution in [0.2, 0.25) is 0 Å². The van der Waals surface area contributed by atoms with Crippen molar-refractivity contribution in [2.75, 3.05) is 26.2 Å². The largest absolute Gasteiger partial charge is 0.339 e. The van der Waals surface area contributed by atoms with Crippen LogP contribution in [0.5, 0.6) is 0 Å². The molecule has 3 aliphatic rings. The molecule has 3 amide bonds. The maximum atomic E-state index is 13.8. The van der Waals surface area contributed by atoms with Gasteiger partial charge in [0, 0.05) is 44.2 Å². The number of likely N-dealkylation sites (tertiary alicyclic amines) is 1. The Morgan fingerprint density at radius 2 is 1.88 bits per heavy atom. The molecule has 1 aromatic rings. The normalized spacial score (nSPS) is 23.7. The molecule has 1 aromatic carbocycles. The summed E-state index contributed by atoms with van der Waals surface area (Å²) >= 11 is 0.